The lowest BCUT2D eigenvalue weighted by Crippen LogP contribution is -2.52. The average molecular weight is 265 g/mol. The van der Waals surface area contributed by atoms with E-state index in [-0.39, 0.29) is 11.2 Å². The van der Waals surface area contributed by atoms with E-state index in [1.54, 1.807) is 13.0 Å². The van der Waals surface area contributed by atoms with E-state index in [0.717, 1.165) is 25.9 Å². The Kier molecular flexibility index (Phi) is 3.85. The third kappa shape index (κ3) is 3.29. The molecule has 0 aromatic carbocycles. The van der Waals surface area contributed by atoms with Gasteiger partial charge >= 0.3 is 0 Å². The van der Waals surface area contributed by atoms with Crippen LogP contribution >= 0.6 is 0 Å². The molecule has 0 bridgehead atoms. The van der Waals surface area contributed by atoms with Crippen LogP contribution in [0.15, 0.2) is 12.1 Å². The highest BCUT2D eigenvalue weighted by Crippen LogP contribution is 2.21. The van der Waals surface area contributed by atoms with Crippen molar-refractivity contribution < 1.29 is 9.18 Å². The first kappa shape index (κ1) is 13.9. The summed E-state index contributed by atoms with van der Waals surface area (Å²) in [7, 11) is 2.06. The van der Waals surface area contributed by atoms with Crippen LogP contribution < -0.4 is 5.32 Å². The van der Waals surface area contributed by atoms with Crippen molar-refractivity contribution in [1.29, 1.82) is 0 Å². The molecule has 1 aromatic rings. The summed E-state index contributed by atoms with van der Waals surface area (Å²) < 4.78 is 13.6. The molecule has 1 aromatic heterocycles. The molecule has 0 radical (unpaired) electrons. The smallest absolute Gasteiger partial charge is 0.273 e. The maximum absolute atomic E-state index is 13.6. The summed E-state index contributed by atoms with van der Waals surface area (Å²) in [5.74, 6) is -0.993. The van der Waals surface area contributed by atoms with Crippen LogP contribution in [-0.4, -0.2) is 41.5 Å². The van der Waals surface area contributed by atoms with Gasteiger partial charge < -0.3 is 10.2 Å². The Morgan fingerprint density at radius 1 is 1.42 bits per heavy atom. The maximum Gasteiger partial charge on any atom is 0.273 e. The Morgan fingerprint density at radius 3 is 2.68 bits per heavy atom. The molecule has 4 nitrogen and oxygen atoms in total. The number of aromatic nitrogens is 1. The molecule has 1 saturated heterocycles. The summed E-state index contributed by atoms with van der Waals surface area (Å²) in [4.78, 5) is 18.4. The Hall–Kier alpha value is -1.49. The molecule has 1 fully saturated rings. The number of likely N-dealkylation sites (tertiary alicyclic amines) is 1. The zero-order valence-electron chi connectivity index (χ0n) is 11.7. The fourth-order valence-corrected chi connectivity index (χ4v) is 2.27. The van der Waals surface area contributed by atoms with E-state index in [2.05, 4.69) is 22.2 Å². The molecule has 1 N–H and O–H groups in total. The lowest BCUT2D eigenvalue weighted by Gasteiger charge is -2.38. The van der Waals surface area contributed by atoms with Gasteiger partial charge in [0.25, 0.3) is 5.91 Å². The lowest BCUT2D eigenvalue weighted by atomic mass is 9.89. The van der Waals surface area contributed by atoms with Crippen LogP contribution in [0.2, 0.25) is 0 Å². The minimum atomic E-state index is -0.570. The van der Waals surface area contributed by atoms with E-state index in [1.807, 2.05) is 6.92 Å². The zero-order chi connectivity index (χ0) is 14.0. The van der Waals surface area contributed by atoms with Crippen LogP contribution in [0.3, 0.4) is 0 Å². The number of carbonyl (C=O) groups excluding carboxylic acids is 1. The van der Waals surface area contributed by atoms with Gasteiger partial charge in [0.15, 0.2) is 11.5 Å². The predicted molar refractivity (Wildman–Crippen MR) is 71.5 cm³/mol. The van der Waals surface area contributed by atoms with Crippen LogP contribution in [-0.2, 0) is 0 Å². The highest BCUT2D eigenvalue weighted by Gasteiger charge is 2.31. The third-order valence-electron chi connectivity index (χ3n) is 3.71. The molecule has 0 atom stereocenters. The molecule has 0 unspecified atom stereocenters. The number of hydrogen-bond donors (Lipinski definition) is 1. The first-order chi connectivity index (χ1) is 8.89. The Bertz CT molecular complexity index is 482. The van der Waals surface area contributed by atoms with E-state index in [4.69, 9.17) is 0 Å². The SMILES string of the molecule is Cc1ccc(F)c(C(=O)NC2(C)CCN(C)CC2)n1. The molecule has 19 heavy (non-hydrogen) atoms. The van der Waals surface area contributed by atoms with Crippen LogP contribution in [0.5, 0.6) is 0 Å². The van der Waals surface area contributed by atoms with Gasteiger partial charge in [-0.25, -0.2) is 9.37 Å². The van der Waals surface area contributed by atoms with Gasteiger partial charge in [-0.1, -0.05) is 0 Å². The van der Waals surface area contributed by atoms with Gasteiger partial charge in [-0.3, -0.25) is 4.79 Å². The highest BCUT2D eigenvalue weighted by molar-refractivity contribution is 5.93. The normalized spacial score (nSPS) is 19.2. The highest BCUT2D eigenvalue weighted by atomic mass is 19.1. The molecule has 104 valence electrons. The van der Waals surface area contributed by atoms with Crippen LogP contribution in [0.4, 0.5) is 4.39 Å². The molecule has 1 aliphatic rings. The Labute approximate surface area is 113 Å². The van der Waals surface area contributed by atoms with E-state index in [9.17, 15) is 9.18 Å². The second kappa shape index (κ2) is 5.25. The molecule has 5 heteroatoms. The summed E-state index contributed by atoms with van der Waals surface area (Å²) in [6.45, 7) is 5.61. The van der Waals surface area contributed by atoms with Gasteiger partial charge in [0.1, 0.15) is 0 Å². The lowest BCUT2D eigenvalue weighted by molar-refractivity contribution is 0.0842. The largest absolute Gasteiger partial charge is 0.345 e. The molecule has 1 amide bonds. The van der Waals surface area contributed by atoms with Crippen molar-refractivity contribution in [2.45, 2.75) is 32.2 Å². The predicted octanol–water partition coefficient (Wildman–Crippen LogP) is 1.74. The number of nitrogens with one attached hydrogen (secondary N) is 1. The van der Waals surface area contributed by atoms with Crippen molar-refractivity contribution in [1.82, 2.24) is 15.2 Å². The molecule has 0 spiro atoms. The van der Waals surface area contributed by atoms with Crippen LogP contribution in [0, 0.1) is 12.7 Å². The van der Waals surface area contributed by atoms with Crippen molar-refractivity contribution in [2.75, 3.05) is 20.1 Å². The van der Waals surface area contributed by atoms with E-state index >= 15 is 0 Å². The van der Waals surface area contributed by atoms with Crippen LogP contribution in [0.25, 0.3) is 0 Å². The minimum Gasteiger partial charge on any atom is -0.345 e. The number of piperidine rings is 1. The Morgan fingerprint density at radius 2 is 2.05 bits per heavy atom. The van der Waals surface area contributed by atoms with Gasteiger partial charge in [-0.15, -0.1) is 0 Å². The second-order valence-corrected chi connectivity index (χ2v) is 5.60. The first-order valence-corrected chi connectivity index (χ1v) is 6.54. The van der Waals surface area contributed by atoms with E-state index in [0.29, 0.717) is 5.69 Å². The second-order valence-electron chi connectivity index (χ2n) is 5.60. The van der Waals surface area contributed by atoms with Crippen molar-refractivity contribution in [3.8, 4) is 0 Å². The number of pyridine rings is 1. The number of halogens is 1. The number of rotatable bonds is 2. The van der Waals surface area contributed by atoms with Gasteiger partial charge in [-0.05, 0) is 45.9 Å². The molecular weight excluding hydrogens is 245 g/mol. The summed E-state index contributed by atoms with van der Waals surface area (Å²) >= 11 is 0. The summed E-state index contributed by atoms with van der Waals surface area (Å²) in [5.41, 5.74) is 0.252. The molecule has 2 heterocycles. The zero-order valence-corrected chi connectivity index (χ0v) is 11.7. The van der Waals surface area contributed by atoms with Crippen molar-refractivity contribution >= 4 is 5.91 Å². The minimum absolute atomic E-state index is 0.111. The van der Waals surface area contributed by atoms with Gasteiger partial charge in [-0.2, -0.15) is 0 Å². The number of nitrogens with zero attached hydrogens (tertiary/aromatic N) is 2. The quantitative estimate of drug-likeness (QED) is 0.886. The Balaban J connectivity index is 2.10. The maximum atomic E-state index is 13.6. The fraction of sp³-hybridized carbons (Fsp3) is 0.571. The summed E-state index contributed by atoms with van der Waals surface area (Å²) in [6.07, 6.45) is 1.73. The van der Waals surface area contributed by atoms with Gasteiger partial charge in [0.05, 0.1) is 0 Å². The van der Waals surface area contributed by atoms with E-state index in [1.165, 1.54) is 6.07 Å². The van der Waals surface area contributed by atoms with Gasteiger partial charge in [0.2, 0.25) is 0 Å². The van der Waals surface area contributed by atoms with E-state index < -0.39 is 11.7 Å². The summed E-state index contributed by atoms with van der Waals surface area (Å²) in [6, 6.07) is 2.84. The van der Waals surface area contributed by atoms with Gasteiger partial charge in [0, 0.05) is 24.3 Å². The number of aryl methyl sites for hydroxylation is 1. The van der Waals surface area contributed by atoms with Crippen LogP contribution in [0.1, 0.15) is 35.9 Å². The number of amides is 1. The fourth-order valence-electron chi connectivity index (χ4n) is 2.27. The standard InChI is InChI=1S/C14H20FN3O/c1-10-4-5-11(15)12(16-10)13(19)17-14(2)6-8-18(3)9-7-14/h4-5H,6-9H2,1-3H3,(H,17,19). The van der Waals surface area contributed by atoms with Crippen molar-refractivity contribution in [3.63, 3.8) is 0 Å². The first-order valence-electron chi connectivity index (χ1n) is 6.54. The van der Waals surface area contributed by atoms with Crippen molar-refractivity contribution in [3.05, 3.63) is 29.3 Å². The molecule has 2 rings (SSSR count). The third-order valence-corrected chi connectivity index (χ3v) is 3.71. The van der Waals surface area contributed by atoms with Crippen molar-refractivity contribution in [2.24, 2.45) is 0 Å². The molecule has 1 aliphatic heterocycles. The summed E-state index contributed by atoms with van der Waals surface area (Å²) in [5, 5.41) is 2.93. The average Bonchev–Trinajstić information content (AvgIpc) is 2.36. The topological polar surface area (TPSA) is 45.2 Å². The number of carbonyl (C=O) groups is 1. The monoisotopic (exact) mass is 265 g/mol. The molecule has 0 saturated carbocycles. The molecular formula is C14H20FN3O. The number of hydrogen-bond acceptors (Lipinski definition) is 3. The molecule has 0 aliphatic carbocycles.